The molecule has 8 nitrogen and oxygen atoms in total. The first-order chi connectivity index (χ1) is 17.3. The number of nitrogens with one attached hydrogen (secondary N) is 2. The molecule has 3 aromatic rings. The highest BCUT2D eigenvalue weighted by molar-refractivity contribution is 6.35. The second kappa shape index (κ2) is 11.0. The first kappa shape index (κ1) is 25.5. The van der Waals surface area contributed by atoms with Gasteiger partial charge in [-0.2, -0.15) is 0 Å². The van der Waals surface area contributed by atoms with Gasteiger partial charge in [0.05, 0.1) is 32.1 Å². The van der Waals surface area contributed by atoms with E-state index in [4.69, 9.17) is 37.9 Å². The monoisotopic (exact) mass is 528 g/mol. The second-order valence-electron chi connectivity index (χ2n) is 8.19. The number of amides is 2. The highest BCUT2D eigenvalue weighted by Crippen LogP contribution is 2.41. The molecule has 0 aromatic heterocycles. The maximum absolute atomic E-state index is 13.4. The zero-order valence-electron chi connectivity index (χ0n) is 19.1. The minimum atomic E-state index is -0.918. The molecule has 4 rings (SSSR count). The Morgan fingerprint density at radius 1 is 1.00 bits per heavy atom. The smallest absolute Gasteiger partial charge is 0.307 e. The number of ether oxygens (including phenoxy) is 1. The molecule has 0 radical (unpaired) electrons. The summed E-state index contributed by atoms with van der Waals surface area (Å²) in [4.78, 5) is 42.6. The van der Waals surface area contributed by atoms with E-state index in [0.717, 1.165) is 5.56 Å². The molecular formula is C26H22Cl2N2O6. The van der Waals surface area contributed by atoms with Gasteiger partial charge in [0.1, 0.15) is 5.75 Å². The summed E-state index contributed by atoms with van der Waals surface area (Å²) in [5, 5.41) is 12.5. The number of benzene rings is 3. The van der Waals surface area contributed by atoms with E-state index in [1.807, 2.05) is 0 Å². The minimum absolute atomic E-state index is 0.0511. The molecule has 0 saturated heterocycles. The van der Waals surface area contributed by atoms with E-state index >= 15 is 0 Å². The Labute approximate surface area is 217 Å². The lowest BCUT2D eigenvalue weighted by Crippen LogP contribution is -2.44. The summed E-state index contributed by atoms with van der Waals surface area (Å²) >= 11 is 12.5. The zero-order chi connectivity index (χ0) is 25.8. The Hall–Kier alpha value is -3.59. The van der Waals surface area contributed by atoms with Crippen LogP contribution in [0.3, 0.4) is 0 Å². The third-order valence-corrected chi connectivity index (χ3v) is 6.39. The van der Waals surface area contributed by atoms with Crippen molar-refractivity contribution in [1.29, 1.82) is 0 Å². The van der Waals surface area contributed by atoms with Crippen molar-refractivity contribution < 1.29 is 29.1 Å². The molecule has 1 aliphatic rings. The van der Waals surface area contributed by atoms with Crippen LogP contribution in [0.1, 0.15) is 44.6 Å². The summed E-state index contributed by atoms with van der Waals surface area (Å²) in [6.07, 6.45) is -0.0806. The number of carbonyl (C=O) groups is 3. The molecule has 1 aliphatic heterocycles. The molecule has 3 aromatic carbocycles. The van der Waals surface area contributed by atoms with Crippen molar-refractivity contribution in [2.75, 3.05) is 7.11 Å². The number of aliphatic carboxylic acids is 1. The van der Waals surface area contributed by atoms with E-state index in [9.17, 15) is 14.4 Å². The fourth-order valence-electron chi connectivity index (χ4n) is 4.10. The standard InChI is InChI=1S/C26H22Cl2N2O6/c1-35-17-7-9-18-20(12-17)23(24(29-25(18)33)19-8-6-16(27)11-21(19)28)26(34)30-36-13-15-4-2-14(3-5-15)10-22(31)32/h2-9,11-12,23-24H,10,13H2,1H3,(H,29,33)(H,30,34)(H,31,32)/t23-,24+/m1/s1. The summed E-state index contributed by atoms with van der Waals surface area (Å²) in [5.74, 6) is -2.16. The van der Waals surface area contributed by atoms with Gasteiger partial charge < -0.3 is 15.2 Å². The van der Waals surface area contributed by atoms with Gasteiger partial charge in [0.25, 0.3) is 11.8 Å². The molecule has 3 N–H and O–H groups in total. The number of fused-ring (bicyclic) bond motifs is 1. The van der Waals surface area contributed by atoms with Gasteiger partial charge in [-0.05, 0) is 52.6 Å². The minimum Gasteiger partial charge on any atom is -0.497 e. The lowest BCUT2D eigenvalue weighted by molar-refractivity contribution is -0.137. The van der Waals surface area contributed by atoms with Crippen LogP contribution in [0.5, 0.6) is 5.75 Å². The number of halogens is 2. The quantitative estimate of drug-likeness (QED) is 0.372. The highest BCUT2D eigenvalue weighted by Gasteiger charge is 2.40. The largest absolute Gasteiger partial charge is 0.497 e. The van der Waals surface area contributed by atoms with Gasteiger partial charge in [0.2, 0.25) is 0 Å². The molecule has 36 heavy (non-hydrogen) atoms. The van der Waals surface area contributed by atoms with Crippen molar-refractivity contribution in [2.24, 2.45) is 0 Å². The third kappa shape index (κ3) is 5.62. The molecular weight excluding hydrogens is 507 g/mol. The Bertz CT molecular complexity index is 1310. The third-order valence-electron chi connectivity index (χ3n) is 5.83. The molecule has 0 aliphatic carbocycles. The molecule has 0 unspecified atom stereocenters. The summed E-state index contributed by atoms with van der Waals surface area (Å²) in [6, 6.07) is 15.8. The van der Waals surface area contributed by atoms with Crippen molar-refractivity contribution in [3.63, 3.8) is 0 Å². The summed E-state index contributed by atoms with van der Waals surface area (Å²) < 4.78 is 5.32. The number of carboxylic acids is 1. The van der Waals surface area contributed by atoms with Gasteiger partial charge in [0, 0.05) is 15.6 Å². The van der Waals surface area contributed by atoms with E-state index in [1.165, 1.54) is 7.11 Å². The van der Waals surface area contributed by atoms with Crippen LogP contribution in [-0.4, -0.2) is 30.0 Å². The van der Waals surface area contributed by atoms with Crippen LogP contribution in [0.2, 0.25) is 10.0 Å². The predicted molar refractivity (Wildman–Crippen MR) is 133 cm³/mol. The first-order valence-corrected chi connectivity index (χ1v) is 11.7. The van der Waals surface area contributed by atoms with Crippen LogP contribution in [0.25, 0.3) is 0 Å². The van der Waals surface area contributed by atoms with Crippen molar-refractivity contribution in [3.05, 3.63) is 98.5 Å². The van der Waals surface area contributed by atoms with E-state index in [1.54, 1.807) is 60.7 Å². The summed E-state index contributed by atoms with van der Waals surface area (Å²) in [7, 11) is 1.50. The lowest BCUT2D eigenvalue weighted by atomic mass is 9.80. The Morgan fingerprint density at radius 2 is 1.72 bits per heavy atom. The van der Waals surface area contributed by atoms with Gasteiger partial charge in [-0.1, -0.05) is 53.5 Å². The van der Waals surface area contributed by atoms with Crippen molar-refractivity contribution in [1.82, 2.24) is 10.8 Å². The summed E-state index contributed by atoms with van der Waals surface area (Å²) in [6.45, 7) is 0.0511. The van der Waals surface area contributed by atoms with Gasteiger partial charge in [-0.25, -0.2) is 5.48 Å². The Balaban J connectivity index is 1.58. The lowest BCUT2D eigenvalue weighted by Gasteiger charge is -2.34. The number of hydrogen-bond donors (Lipinski definition) is 3. The number of hydrogen-bond acceptors (Lipinski definition) is 5. The first-order valence-electron chi connectivity index (χ1n) is 10.9. The second-order valence-corrected chi connectivity index (χ2v) is 9.03. The molecule has 0 saturated carbocycles. The fraction of sp³-hybridized carbons (Fsp3) is 0.192. The number of carboxylic acid groups (broad SMARTS) is 1. The topological polar surface area (TPSA) is 114 Å². The van der Waals surface area contributed by atoms with Crippen molar-refractivity contribution in [3.8, 4) is 5.75 Å². The molecule has 2 atom stereocenters. The molecule has 186 valence electrons. The van der Waals surface area contributed by atoms with Crippen LogP contribution < -0.4 is 15.5 Å². The van der Waals surface area contributed by atoms with Crippen LogP contribution in [0.4, 0.5) is 0 Å². The molecule has 0 spiro atoms. The van der Waals surface area contributed by atoms with E-state index in [2.05, 4.69) is 10.8 Å². The Morgan fingerprint density at radius 3 is 2.39 bits per heavy atom. The number of hydroxylamine groups is 1. The van der Waals surface area contributed by atoms with Crippen LogP contribution in [-0.2, 0) is 27.5 Å². The maximum atomic E-state index is 13.4. The Kier molecular flexibility index (Phi) is 7.79. The van der Waals surface area contributed by atoms with Gasteiger partial charge in [-0.3, -0.25) is 19.2 Å². The molecule has 0 bridgehead atoms. The van der Waals surface area contributed by atoms with E-state index < -0.39 is 23.8 Å². The summed E-state index contributed by atoms with van der Waals surface area (Å²) in [5.41, 5.74) is 5.20. The maximum Gasteiger partial charge on any atom is 0.307 e. The van der Waals surface area contributed by atoms with Crippen molar-refractivity contribution in [2.45, 2.75) is 25.0 Å². The van der Waals surface area contributed by atoms with Gasteiger partial charge >= 0.3 is 5.97 Å². The van der Waals surface area contributed by atoms with Gasteiger partial charge in [-0.15, -0.1) is 0 Å². The van der Waals surface area contributed by atoms with Gasteiger partial charge in [0.15, 0.2) is 0 Å². The number of methoxy groups -OCH3 is 1. The fourth-order valence-corrected chi connectivity index (χ4v) is 4.63. The molecule has 10 heteroatoms. The van der Waals surface area contributed by atoms with Crippen LogP contribution in [0.15, 0.2) is 60.7 Å². The highest BCUT2D eigenvalue weighted by atomic mass is 35.5. The average Bonchev–Trinajstić information content (AvgIpc) is 2.84. The number of rotatable bonds is 8. The normalized spacial score (nSPS) is 16.6. The predicted octanol–water partition coefficient (Wildman–Crippen LogP) is 4.45. The van der Waals surface area contributed by atoms with E-state index in [-0.39, 0.29) is 18.9 Å². The number of carbonyl (C=O) groups excluding carboxylic acids is 2. The average molecular weight is 529 g/mol. The van der Waals surface area contributed by atoms with Crippen LogP contribution >= 0.6 is 23.2 Å². The molecule has 1 heterocycles. The molecule has 2 amide bonds. The van der Waals surface area contributed by atoms with E-state index in [0.29, 0.717) is 38.0 Å². The van der Waals surface area contributed by atoms with Crippen LogP contribution in [0, 0.1) is 0 Å². The van der Waals surface area contributed by atoms with Crippen molar-refractivity contribution >= 4 is 41.0 Å². The molecule has 0 fully saturated rings. The zero-order valence-corrected chi connectivity index (χ0v) is 20.6. The SMILES string of the molecule is COc1ccc2c(c1)[C@@H](C(=O)NOCc1ccc(CC(=O)O)cc1)[C@H](c1ccc(Cl)cc1Cl)NC2=O.